The lowest BCUT2D eigenvalue weighted by atomic mass is 10.4. The lowest BCUT2D eigenvalue weighted by Gasteiger charge is -2.24. The molecule has 0 radical (unpaired) electrons. The van der Waals surface area contributed by atoms with Crippen LogP contribution >= 0.6 is 0 Å². The summed E-state index contributed by atoms with van der Waals surface area (Å²) in [6.45, 7) is 12.0. The second-order valence-corrected chi connectivity index (χ2v) is 7.35. The third kappa shape index (κ3) is 7.73. The van der Waals surface area contributed by atoms with E-state index in [1.807, 2.05) is 13.8 Å². The van der Waals surface area contributed by atoms with Crippen molar-refractivity contribution in [2.45, 2.75) is 32.9 Å². The van der Waals surface area contributed by atoms with Gasteiger partial charge in [0.1, 0.15) is 0 Å². The molecular weight excluding hydrogens is 208 g/mol. The van der Waals surface area contributed by atoms with Gasteiger partial charge in [-0.1, -0.05) is 12.2 Å². The Balaban J connectivity index is 3.58. The third-order valence-corrected chi connectivity index (χ3v) is 5.17. The number of hydrogen-bond acceptors (Lipinski definition) is 3. The van der Waals surface area contributed by atoms with Crippen LogP contribution in [0.5, 0.6) is 0 Å². The van der Waals surface area contributed by atoms with E-state index in [1.54, 1.807) is 7.11 Å². The van der Waals surface area contributed by atoms with Gasteiger partial charge in [0.2, 0.25) is 0 Å². The molecule has 0 aliphatic heterocycles. The largest absolute Gasteiger partial charge is 0.398 e. The first-order chi connectivity index (χ1) is 7.04. The molecule has 0 fully saturated rings. The summed E-state index contributed by atoms with van der Waals surface area (Å²) in [7, 11) is -0.170. The van der Waals surface area contributed by atoms with E-state index >= 15 is 0 Å². The van der Waals surface area contributed by atoms with E-state index < -0.39 is 8.56 Å². The fourth-order valence-corrected chi connectivity index (χ4v) is 3.14. The van der Waals surface area contributed by atoms with Crippen molar-refractivity contribution in [3.8, 4) is 0 Å². The van der Waals surface area contributed by atoms with Crippen molar-refractivity contribution in [1.82, 2.24) is 0 Å². The van der Waals surface area contributed by atoms with E-state index in [4.69, 9.17) is 13.6 Å². The molecule has 0 bridgehead atoms. The van der Waals surface area contributed by atoms with Crippen LogP contribution in [0.4, 0.5) is 0 Å². The molecule has 3 nitrogen and oxygen atoms in total. The molecule has 0 spiro atoms. The minimum atomic E-state index is -1.90. The maximum Gasteiger partial charge on any atom is 0.334 e. The van der Waals surface area contributed by atoms with E-state index in [9.17, 15) is 0 Å². The first-order valence-corrected chi connectivity index (χ1v) is 7.97. The minimum absolute atomic E-state index is 0.653. The van der Waals surface area contributed by atoms with Crippen molar-refractivity contribution in [3.05, 3.63) is 12.2 Å². The van der Waals surface area contributed by atoms with Crippen molar-refractivity contribution in [2.75, 3.05) is 26.9 Å². The summed E-state index contributed by atoms with van der Waals surface area (Å²) in [5.41, 5.74) is 1.06. The molecule has 0 N–H and O–H groups in total. The predicted octanol–water partition coefficient (Wildman–Crippen LogP) is 2.72. The van der Waals surface area contributed by atoms with Crippen LogP contribution in [0.3, 0.4) is 0 Å². The highest BCUT2D eigenvalue weighted by Crippen LogP contribution is 2.14. The van der Waals surface area contributed by atoms with Gasteiger partial charge < -0.3 is 13.6 Å². The van der Waals surface area contributed by atoms with E-state index in [-0.39, 0.29) is 0 Å². The second kappa shape index (κ2) is 8.04. The fraction of sp³-hybridized carbons (Fsp3) is 0.818. The van der Waals surface area contributed by atoms with E-state index in [0.717, 1.165) is 31.3 Å². The first kappa shape index (κ1) is 14.8. The van der Waals surface area contributed by atoms with Crippen molar-refractivity contribution in [2.24, 2.45) is 0 Å². The molecule has 15 heavy (non-hydrogen) atoms. The monoisotopic (exact) mass is 232 g/mol. The van der Waals surface area contributed by atoms with Crippen molar-refractivity contribution < 1.29 is 13.6 Å². The molecule has 1 unspecified atom stereocenters. The lowest BCUT2D eigenvalue weighted by Crippen LogP contribution is -2.37. The standard InChI is InChI=1S/C11H24O3Si/c1-6-14-15(5,12-4)9-7-8-13-10-11(2)3/h2,6-10H2,1,3-5H3. The summed E-state index contributed by atoms with van der Waals surface area (Å²) in [6.07, 6.45) is 0.990. The van der Waals surface area contributed by atoms with E-state index in [1.165, 1.54) is 0 Å². The molecule has 0 aromatic carbocycles. The smallest absolute Gasteiger partial charge is 0.334 e. The highest BCUT2D eigenvalue weighted by atomic mass is 28.4. The molecule has 0 saturated heterocycles. The van der Waals surface area contributed by atoms with Gasteiger partial charge in [-0.3, -0.25) is 0 Å². The zero-order chi connectivity index (χ0) is 11.7. The van der Waals surface area contributed by atoms with Gasteiger partial charge >= 0.3 is 8.56 Å². The average molecular weight is 232 g/mol. The number of ether oxygens (including phenoxy) is 1. The maximum absolute atomic E-state index is 5.65. The molecule has 90 valence electrons. The average Bonchev–Trinajstić information content (AvgIpc) is 2.17. The summed E-state index contributed by atoms with van der Waals surface area (Å²) in [5.74, 6) is 0. The van der Waals surface area contributed by atoms with Crippen LogP contribution in [0, 0.1) is 0 Å². The predicted molar refractivity (Wildman–Crippen MR) is 65.3 cm³/mol. The highest BCUT2D eigenvalue weighted by molar-refractivity contribution is 6.65. The molecule has 0 heterocycles. The Morgan fingerprint density at radius 1 is 1.40 bits per heavy atom. The van der Waals surface area contributed by atoms with Gasteiger partial charge in [0.25, 0.3) is 0 Å². The first-order valence-electron chi connectivity index (χ1n) is 5.45. The normalized spacial score (nSPS) is 14.9. The Morgan fingerprint density at radius 3 is 2.53 bits per heavy atom. The molecule has 1 atom stereocenters. The molecule has 0 amide bonds. The molecule has 0 aromatic heterocycles. The minimum Gasteiger partial charge on any atom is -0.398 e. The van der Waals surface area contributed by atoms with Gasteiger partial charge in [-0.2, -0.15) is 0 Å². The molecule has 0 aliphatic carbocycles. The van der Waals surface area contributed by atoms with Gasteiger partial charge in [0.05, 0.1) is 6.61 Å². The van der Waals surface area contributed by atoms with Crippen LogP contribution < -0.4 is 0 Å². The van der Waals surface area contributed by atoms with Crippen LogP contribution in [0.25, 0.3) is 0 Å². The number of rotatable bonds is 9. The van der Waals surface area contributed by atoms with Crippen molar-refractivity contribution in [1.29, 1.82) is 0 Å². The van der Waals surface area contributed by atoms with Gasteiger partial charge in [-0.25, -0.2) is 0 Å². The molecule has 0 saturated carbocycles. The Kier molecular flexibility index (Phi) is 7.96. The Morgan fingerprint density at radius 2 is 2.07 bits per heavy atom. The molecule has 4 heteroatoms. The lowest BCUT2D eigenvalue weighted by molar-refractivity contribution is 0.151. The molecular formula is C11H24O3Si. The third-order valence-electron chi connectivity index (χ3n) is 2.15. The Hall–Kier alpha value is -0.163. The summed E-state index contributed by atoms with van der Waals surface area (Å²) in [5, 5.41) is 0. The zero-order valence-corrected chi connectivity index (χ0v) is 11.5. The van der Waals surface area contributed by atoms with Gasteiger partial charge in [0, 0.05) is 20.3 Å². The SMILES string of the molecule is C=C(C)COCCC[Si](C)(OC)OCC. The van der Waals surface area contributed by atoms with Crippen LogP contribution in [0.1, 0.15) is 20.3 Å². The van der Waals surface area contributed by atoms with Crippen molar-refractivity contribution >= 4 is 8.56 Å². The van der Waals surface area contributed by atoms with Crippen molar-refractivity contribution in [3.63, 3.8) is 0 Å². The molecule has 0 rings (SSSR count). The van der Waals surface area contributed by atoms with Crippen LogP contribution in [0.2, 0.25) is 12.6 Å². The summed E-state index contributed by atoms with van der Waals surface area (Å²) >= 11 is 0. The maximum atomic E-state index is 5.65. The zero-order valence-electron chi connectivity index (χ0n) is 10.5. The van der Waals surface area contributed by atoms with Crippen LogP contribution in [-0.4, -0.2) is 35.5 Å². The van der Waals surface area contributed by atoms with E-state index in [0.29, 0.717) is 6.61 Å². The summed E-state index contributed by atoms with van der Waals surface area (Å²) in [6, 6.07) is 0.980. The molecule has 0 aliphatic rings. The topological polar surface area (TPSA) is 27.7 Å². The summed E-state index contributed by atoms with van der Waals surface area (Å²) < 4.78 is 16.5. The van der Waals surface area contributed by atoms with Gasteiger partial charge in [-0.15, -0.1) is 0 Å². The van der Waals surface area contributed by atoms with Crippen LogP contribution in [0.15, 0.2) is 12.2 Å². The Labute approximate surface area is 94.7 Å². The highest BCUT2D eigenvalue weighted by Gasteiger charge is 2.28. The van der Waals surface area contributed by atoms with Crippen LogP contribution in [-0.2, 0) is 13.6 Å². The summed E-state index contributed by atoms with van der Waals surface area (Å²) in [4.78, 5) is 0. The van der Waals surface area contributed by atoms with E-state index in [2.05, 4.69) is 13.1 Å². The Bertz CT molecular complexity index is 185. The van der Waals surface area contributed by atoms with Gasteiger partial charge in [-0.05, 0) is 32.9 Å². The second-order valence-electron chi connectivity index (χ2n) is 3.88. The fourth-order valence-electron chi connectivity index (χ4n) is 1.28. The van der Waals surface area contributed by atoms with Gasteiger partial charge in [0.15, 0.2) is 0 Å². The quantitative estimate of drug-likeness (QED) is 0.347. The number of hydrogen-bond donors (Lipinski definition) is 0. The molecule has 0 aromatic rings.